The molecule has 0 aliphatic rings. The van der Waals surface area contributed by atoms with Crippen molar-refractivity contribution in [3.63, 3.8) is 0 Å². The largest absolute Gasteiger partial charge is 0.438 e. The number of hydrogen-bond acceptors (Lipinski definition) is 6. The van der Waals surface area contributed by atoms with Crippen molar-refractivity contribution >= 4 is 40.8 Å². The number of thiophene rings is 1. The lowest BCUT2D eigenvalue weighted by molar-refractivity contribution is -0.105. The number of anilines is 2. The first-order chi connectivity index (χ1) is 13.6. The molecule has 0 saturated heterocycles. The number of carbonyl (C=O) groups is 2. The van der Waals surface area contributed by atoms with Crippen molar-refractivity contribution < 1.29 is 14.3 Å². The Morgan fingerprint density at radius 3 is 2.93 bits per heavy atom. The minimum atomic E-state index is -0.202. The van der Waals surface area contributed by atoms with Crippen LogP contribution in [0.2, 0.25) is 0 Å². The maximum Gasteiger partial charge on any atom is 0.267 e. The normalized spacial score (nSPS) is 10.6. The topological polar surface area (TPSA) is 97.6 Å². The van der Waals surface area contributed by atoms with E-state index >= 15 is 0 Å². The lowest BCUT2D eigenvalue weighted by Crippen LogP contribution is -2.11. The van der Waals surface area contributed by atoms with Crippen molar-refractivity contribution in [3.8, 4) is 11.6 Å². The number of rotatable bonds is 6. The number of aryl methyl sites for hydroxylation is 1. The molecule has 4 aromatic rings. The van der Waals surface area contributed by atoms with Gasteiger partial charge in [0.2, 0.25) is 12.3 Å². The van der Waals surface area contributed by atoms with Gasteiger partial charge in [-0.25, -0.2) is 9.50 Å². The summed E-state index contributed by atoms with van der Waals surface area (Å²) >= 11 is 1.38. The summed E-state index contributed by atoms with van der Waals surface area (Å²) in [5.74, 6) is 1.08. The van der Waals surface area contributed by atoms with Gasteiger partial charge in [0, 0.05) is 17.8 Å². The molecule has 0 fully saturated rings. The fraction of sp³-hybridized carbons (Fsp3) is 0.0526. The Balaban J connectivity index is 1.53. The minimum Gasteiger partial charge on any atom is -0.438 e. The van der Waals surface area contributed by atoms with E-state index in [4.69, 9.17) is 4.74 Å². The summed E-state index contributed by atoms with van der Waals surface area (Å²) in [7, 11) is 0. The summed E-state index contributed by atoms with van der Waals surface area (Å²) in [5, 5.41) is 11.6. The van der Waals surface area contributed by atoms with Gasteiger partial charge < -0.3 is 15.4 Å². The smallest absolute Gasteiger partial charge is 0.267 e. The molecule has 28 heavy (non-hydrogen) atoms. The Kier molecular flexibility index (Phi) is 4.73. The van der Waals surface area contributed by atoms with Gasteiger partial charge in [0.25, 0.3) is 5.91 Å². The van der Waals surface area contributed by atoms with Crippen LogP contribution in [0.5, 0.6) is 11.6 Å². The van der Waals surface area contributed by atoms with E-state index in [0.29, 0.717) is 40.1 Å². The average molecular weight is 393 g/mol. The number of nitrogens with zero attached hydrogens (tertiary/aromatic N) is 3. The quantitative estimate of drug-likeness (QED) is 0.487. The third-order valence-corrected chi connectivity index (χ3v) is 4.90. The molecule has 3 aromatic heterocycles. The Morgan fingerprint density at radius 1 is 1.25 bits per heavy atom. The van der Waals surface area contributed by atoms with Crippen LogP contribution in [0.3, 0.4) is 0 Å². The number of ether oxygens (including phenoxy) is 1. The van der Waals surface area contributed by atoms with E-state index in [9.17, 15) is 9.59 Å². The molecular weight excluding hydrogens is 378 g/mol. The molecule has 0 radical (unpaired) electrons. The Hall–Kier alpha value is -3.72. The molecule has 0 aliphatic carbocycles. The molecule has 0 atom stereocenters. The molecule has 0 spiro atoms. The standard InChI is InChI=1S/C19H15N5O3S/c1-12-7-8-28-18(12)19(26)22-15-10-24-16(21-15)5-6-17(23-24)27-14-4-2-3-13(9-14)20-11-25/h2-11H,1H3,(H,20,25)(H,22,26). The van der Waals surface area contributed by atoms with E-state index in [1.165, 1.54) is 15.9 Å². The van der Waals surface area contributed by atoms with Crippen molar-refractivity contribution in [2.24, 2.45) is 0 Å². The predicted molar refractivity (Wildman–Crippen MR) is 106 cm³/mol. The Morgan fingerprint density at radius 2 is 2.14 bits per heavy atom. The molecule has 9 heteroatoms. The van der Waals surface area contributed by atoms with Crippen LogP contribution in [0, 0.1) is 6.92 Å². The number of fused-ring (bicyclic) bond motifs is 1. The van der Waals surface area contributed by atoms with Crippen LogP contribution in [0.25, 0.3) is 5.65 Å². The van der Waals surface area contributed by atoms with Crippen LogP contribution in [-0.4, -0.2) is 26.9 Å². The monoisotopic (exact) mass is 393 g/mol. The third kappa shape index (κ3) is 3.69. The van der Waals surface area contributed by atoms with E-state index in [2.05, 4.69) is 20.7 Å². The van der Waals surface area contributed by atoms with Gasteiger partial charge in [-0.3, -0.25) is 9.59 Å². The highest BCUT2D eigenvalue weighted by Crippen LogP contribution is 2.23. The highest BCUT2D eigenvalue weighted by atomic mass is 32.1. The fourth-order valence-electron chi connectivity index (χ4n) is 2.60. The van der Waals surface area contributed by atoms with E-state index < -0.39 is 0 Å². The van der Waals surface area contributed by atoms with Gasteiger partial charge in [-0.2, -0.15) is 0 Å². The molecule has 140 valence electrons. The highest BCUT2D eigenvalue weighted by Gasteiger charge is 2.13. The zero-order valence-corrected chi connectivity index (χ0v) is 15.6. The average Bonchev–Trinajstić information content (AvgIpc) is 3.27. The molecule has 0 bridgehead atoms. The molecule has 2 N–H and O–H groups in total. The summed E-state index contributed by atoms with van der Waals surface area (Å²) in [6, 6.07) is 12.3. The van der Waals surface area contributed by atoms with Gasteiger partial charge in [-0.15, -0.1) is 16.4 Å². The summed E-state index contributed by atoms with van der Waals surface area (Å²) in [4.78, 5) is 27.9. The zero-order valence-electron chi connectivity index (χ0n) is 14.7. The number of carbonyl (C=O) groups excluding carboxylic acids is 2. The minimum absolute atomic E-state index is 0.202. The molecular formula is C19H15N5O3S. The maximum atomic E-state index is 12.3. The predicted octanol–water partition coefficient (Wildman–Crippen LogP) is 3.71. The second-order valence-corrected chi connectivity index (χ2v) is 6.80. The molecule has 0 saturated carbocycles. The van der Waals surface area contributed by atoms with Gasteiger partial charge in [0.15, 0.2) is 11.5 Å². The van der Waals surface area contributed by atoms with E-state index in [-0.39, 0.29) is 5.91 Å². The second kappa shape index (κ2) is 7.49. The molecule has 3 heterocycles. The zero-order chi connectivity index (χ0) is 19.5. The van der Waals surface area contributed by atoms with Crippen LogP contribution < -0.4 is 15.4 Å². The molecule has 8 nitrogen and oxygen atoms in total. The van der Waals surface area contributed by atoms with E-state index in [1.807, 2.05) is 18.4 Å². The van der Waals surface area contributed by atoms with Crippen molar-refractivity contribution in [1.29, 1.82) is 0 Å². The second-order valence-electron chi connectivity index (χ2n) is 5.88. The van der Waals surface area contributed by atoms with Crippen molar-refractivity contribution in [1.82, 2.24) is 14.6 Å². The number of imidazole rings is 1. The number of hydrogen-bond donors (Lipinski definition) is 2. The van der Waals surface area contributed by atoms with Gasteiger partial charge in [-0.1, -0.05) is 6.07 Å². The number of amides is 2. The van der Waals surface area contributed by atoms with Crippen LogP contribution in [0.4, 0.5) is 11.5 Å². The van der Waals surface area contributed by atoms with Crippen molar-refractivity contribution in [3.05, 3.63) is 64.5 Å². The summed E-state index contributed by atoms with van der Waals surface area (Å²) < 4.78 is 7.26. The van der Waals surface area contributed by atoms with E-state index in [0.717, 1.165) is 5.56 Å². The number of nitrogens with one attached hydrogen (secondary N) is 2. The lowest BCUT2D eigenvalue weighted by atomic mass is 10.3. The SMILES string of the molecule is Cc1ccsc1C(=O)Nc1cn2nc(Oc3cccc(NC=O)c3)ccc2n1. The summed E-state index contributed by atoms with van der Waals surface area (Å²) in [6.45, 7) is 1.89. The third-order valence-electron chi connectivity index (χ3n) is 3.89. The highest BCUT2D eigenvalue weighted by molar-refractivity contribution is 7.12. The molecule has 4 rings (SSSR count). The van der Waals surface area contributed by atoms with Gasteiger partial charge in [-0.05, 0) is 42.1 Å². The van der Waals surface area contributed by atoms with Crippen LogP contribution in [0.1, 0.15) is 15.2 Å². The first kappa shape index (κ1) is 17.7. The van der Waals surface area contributed by atoms with Gasteiger partial charge >= 0.3 is 0 Å². The van der Waals surface area contributed by atoms with Crippen LogP contribution in [-0.2, 0) is 4.79 Å². The first-order valence-corrected chi connectivity index (χ1v) is 9.20. The van der Waals surface area contributed by atoms with Gasteiger partial charge in [0.05, 0.1) is 11.1 Å². The lowest BCUT2D eigenvalue weighted by Gasteiger charge is -2.06. The van der Waals surface area contributed by atoms with E-state index in [1.54, 1.807) is 42.6 Å². The first-order valence-electron chi connectivity index (χ1n) is 8.32. The number of aromatic nitrogens is 3. The summed E-state index contributed by atoms with van der Waals surface area (Å²) in [6.07, 6.45) is 2.22. The Bertz CT molecular complexity index is 1170. The van der Waals surface area contributed by atoms with Gasteiger partial charge in [0.1, 0.15) is 5.75 Å². The maximum absolute atomic E-state index is 12.3. The van der Waals surface area contributed by atoms with Crippen molar-refractivity contribution in [2.45, 2.75) is 6.92 Å². The van der Waals surface area contributed by atoms with Crippen molar-refractivity contribution in [2.75, 3.05) is 10.6 Å². The fourth-order valence-corrected chi connectivity index (χ4v) is 3.42. The molecule has 0 unspecified atom stereocenters. The molecule has 1 aromatic carbocycles. The number of benzene rings is 1. The Labute approximate surface area is 163 Å². The summed E-state index contributed by atoms with van der Waals surface area (Å²) in [5.41, 5.74) is 2.11. The molecule has 0 aliphatic heterocycles. The molecule has 2 amide bonds. The van der Waals surface area contributed by atoms with Crippen LogP contribution >= 0.6 is 11.3 Å². The van der Waals surface area contributed by atoms with Crippen LogP contribution in [0.15, 0.2) is 54.0 Å².